The maximum absolute atomic E-state index is 15.2. The standard InChI is InChI=1S/C37H29Cl2F3N4O7/c1-3-5-17-6-4-7-23(29(17)47)28-21-12-13-22-27(33(50)45(31(22)48)35(52)53-2)24(21)15-25-32(49)46(34(51)36(25,28)18-8-10-20(38)11-9-18)44-30-26(39)14-19(16-43-30)37(40,41)42/h3-4,6-12,14,16,22,24-25,27-28,47H,1,5,13,15H2,2H3,(H,43,44)/t22-,24+,25-,27-,28+,36+/m0/s1. The molecule has 1 aromatic heterocycles. The van der Waals surface area contributed by atoms with Crippen molar-refractivity contribution < 1.29 is 47.0 Å². The number of nitrogens with one attached hydrogen (secondary N) is 1. The summed E-state index contributed by atoms with van der Waals surface area (Å²) in [6.45, 7) is 3.77. The van der Waals surface area contributed by atoms with Crippen LogP contribution in [0.3, 0.4) is 0 Å². The Bertz CT molecular complexity index is 2140. The molecule has 3 heterocycles. The zero-order valence-electron chi connectivity index (χ0n) is 27.7. The summed E-state index contributed by atoms with van der Waals surface area (Å²) in [6.07, 6.45) is -2.08. The van der Waals surface area contributed by atoms with Gasteiger partial charge in [0.2, 0.25) is 11.8 Å². The Hall–Kier alpha value is -5.21. The summed E-state index contributed by atoms with van der Waals surface area (Å²) in [5, 5.41) is 12.3. The van der Waals surface area contributed by atoms with Crippen LogP contribution in [-0.2, 0) is 41.9 Å². The van der Waals surface area contributed by atoms with Gasteiger partial charge in [-0.05, 0) is 54.5 Å². The van der Waals surface area contributed by atoms with Crippen LogP contribution in [0, 0.1) is 23.7 Å². The topological polar surface area (TPSA) is 146 Å². The van der Waals surface area contributed by atoms with Gasteiger partial charge in [-0.25, -0.2) is 9.78 Å². The van der Waals surface area contributed by atoms with E-state index in [1.165, 1.54) is 12.1 Å². The van der Waals surface area contributed by atoms with Gasteiger partial charge in [-0.2, -0.15) is 23.1 Å². The van der Waals surface area contributed by atoms with Gasteiger partial charge >= 0.3 is 12.3 Å². The molecule has 2 aromatic carbocycles. The molecule has 53 heavy (non-hydrogen) atoms. The quantitative estimate of drug-likeness (QED) is 0.210. The number of halogens is 5. The third-order valence-corrected chi connectivity index (χ3v) is 11.3. The van der Waals surface area contributed by atoms with Crippen LogP contribution in [0.2, 0.25) is 10.0 Å². The molecule has 7 rings (SSSR count). The maximum atomic E-state index is 15.2. The fourth-order valence-electron chi connectivity index (χ4n) is 8.56. The minimum absolute atomic E-state index is 0.00523. The molecule has 5 amide bonds. The molecule has 3 fully saturated rings. The number of pyridine rings is 1. The highest BCUT2D eigenvalue weighted by atomic mass is 35.5. The monoisotopic (exact) mass is 768 g/mol. The first-order valence-corrected chi connectivity index (χ1v) is 17.1. The van der Waals surface area contributed by atoms with Crippen LogP contribution in [0.25, 0.3) is 0 Å². The zero-order chi connectivity index (χ0) is 38.1. The molecule has 16 heteroatoms. The number of benzene rings is 2. The number of alkyl halides is 3. The van der Waals surface area contributed by atoms with Gasteiger partial charge in [0.1, 0.15) is 5.75 Å². The van der Waals surface area contributed by atoms with Crippen molar-refractivity contribution in [2.45, 2.75) is 36.8 Å². The number of rotatable bonds is 6. The number of methoxy groups -OCH3 is 1. The Labute approximate surface area is 310 Å². The fourth-order valence-corrected chi connectivity index (χ4v) is 8.90. The number of phenolic OH excluding ortho intramolecular Hbond substituents is 1. The van der Waals surface area contributed by atoms with E-state index in [0.29, 0.717) is 43.9 Å². The fraction of sp³-hybridized carbons (Fsp3) is 0.297. The molecule has 2 aliphatic heterocycles. The predicted octanol–water partition coefficient (Wildman–Crippen LogP) is 6.59. The van der Waals surface area contributed by atoms with Gasteiger partial charge in [-0.1, -0.05) is 71.3 Å². The predicted molar refractivity (Wildman–Crippen MR) is 183 cm³/mol. The summed E-state index contributed by atoms with van der Waals surface area (Å²) in [5.74, 6) is -9.33. The molecule has 2 N–H and O–H groups in total. The number of nitrogens with zero attached hydrogens (tertiary/aromatic N) is 3. The number of aromatic hydroxyl groups is 1. The van der Waals surface area contributed by atoms with Gasteiger partial charge in [-0.3, -0.25) is 24.6 Å². The van der Waals surface area contributed by atoms with Crippen LogP contribution >= 0.6 is 23.2 Å². The van der Waals surface area contributed by atoms with Gasteiger partial charge in [-0.15, -0.1) is 6.58 Å². The number of allylic oxidation sites excluding steroid dienone is 3. The van der Waals surface area contributed by atoms with Crippen LogP contribution in [0.5, 0.6) is 5.75 Å². The van der Waals surface area contributed by atoms with Crippen molar-refractivity contribution in [1.82, 2.24) is 14.9 Å². The number of phenols is 1. The van der Waals surface area contributed by atoms with Gasteiger partial charge in [0.25, 0.3) is 11.8 Å². The van der Waals surface area contributed by atoms with Crippen LogP contribution in [0.1, 0.15) is 41.0 Å². The number of anilines is 1. The summed E-state index contributed by atoms with van der Waals surface area (Å²) in [6, 6.07) is 11.7. The molecule has 0 radical (unpaired) electrons. The van der Waals surface area contributed by atoms with E-state index in [1.54, 1.807) is 42.5 Å². The average Bonchev–Trinajstić information content (AvgIpc) is 3.50. The molecule has 6 atom stereocenters. The van der Waals surface area contributed by atoms with E-state index >= 15 is 4.79 Å². The number of amides is 5. The lowest BCUT2D eigenvalue weighted by molar-refractivity contribution is -0.140. The highest BCUT2D eigenvalue weighted by molar-refractivity contribution is 6.33. The second kappa shape index (κ2) is 13.0. The van der Waals surface area contributed by atoms with E-state index in [1.807, 2.05) is 0 Å². The summed E-state index contributed by atoms with van der Waals surface area (Å²) in [4.78, 5) is 74.3. The molecule has 274 valence electrons. The zero-order valence-corrected chi connectivity index (χ0v) is 29.2. The number of fused-ring (bicyclic) bond motifs is 4. The Balaban J connectivity index is 1.46. The van der Waals surface area contributed by atoms with E-state index in [9.17, 15) is 37.5 Å². The number of para-hydroxylation sites is 1. The third kappa shape index (κ3) is 5.40. The van der Waals surface area contributed by atoms with E-state index in [2.05, 4.69) is 17.0 Å². The number of carbonyl (C=O) groups is 5. The molecule has 2 aliphatic carbocycles. The molecular formula is C37H29Cl2F3N4O7. The SMILES string of the molecule is C=CCc1cccc([C@H]2C3=CC[C@@H]4C(=O)N(C(=O)OC)C(=O)[C@@H]4[C@@H]3C[C@H]3C(=O)N(Nc4ncc(C(F)(F)F)cc4Cl)C(=O)[C@@]23c2ccc(Cl)cc2)c1O. The Morgan fingerprint density at radius 1 is 1.09 bits per heavy atom. The minimum atomic E-state index is -4.78. The average molecular weight is 770 g/mol. The van der Waals surface area contributed by atoms with Crippen molar-refractivity contribution in [1.29, 1.82) is 0 Å². The van der Waals surface area contributed by atoms with Crippen molar-refractivity contribution in [3.05, 3.63) is 111 Å². The highest BCUT2D eigenvalue weighted by Crippen LogP contribution is 2.65. The Morgan fingerprint density at radius 2 is 1.81 bits per heavy atom. The number of likely N-dealkylation sites (tertiary alicyclic amines) is 1. The van der Waals surface area contributed by atoms with Gasteiger partial charge in [0.15, 0.2) is 5.82 Å². The highest BCUT2D eigenvalue weighted by Gasteiger charge is 2.71. The maximum Gasteiger partial charge on any atom is 0.423 e. The Morgan fingerprint density at radius 3 is 2.45 bits per heavy atom. The van der Waals surface area contributed by atoms with Crippen LogP contribution in [0.4, 0.5) is 23.8 Å². The first-order valence-electron chi connectivity index (χ1n) is 16.4. The second-order valence-corrected chi connectivity index (χ2v) is 14.1. The van der Waals surface area contributed by atoms with E-state index in [0.717, 1.165) is 7.11 Å². The number of ether oxygens (including phenoxy) is 1. The number of imide groups is 4. The van der Waals surface area contributed by atoms with E-state index < -0.39 is 87.3 Å². The molecule has 4 aliphatic rings. The lowest BCUT2D eigenvalue weighted by Gasteiger charge is -2.50. The van der Waals surface area contributed by atoms with Crippen LogP contribution in [-0.4, -0.2) is 56.8 Å². The van der Waals surface area contributed by atoms with Crippen molar-refractivity contribution in [2.75, 3.05) is 12.5 Å². The second-order valence-electron chi connectivity index (χ2n) is 13.2. The molecular weight excluding hydrogens is 740 g/mol. The number of hydrogen-bond acceptors (Lipinski definition) is 9. The number of carbonyl (C=O) groups excluding carboxylic acids is 5. The van der Waals surface area contributed by atoms with Crippen molar-refractivity contribution in [3.8, 4) is 5.75 Å². The molecule has 0 unspecified atom stereocenters. The van der Waals surface area contributed by atoms with Gasteiger partial charge < -0.3 is 9.84 Å². The molecule has 0 bridgehead atoms. The van der Waals surface area contributed by atoms with Gasteiger partial charge in [0.05, 0.1) is 40.9 Å². The number of hydrogen-bond donors (Lipinski definition) is 2. The summed E-state index contributed by atoms with van der Waals surface area (Å²) in [7, 11) is 1.03. The molecule has 3 aromatic rings. The summed E-state index contributed by atoms with van der Waals surface area (Å²) >= 11 is 12.5. The lowest BCUT2D eigenvalue weighted by atomic mass is 9.49. The number of hydrazine groups is 1. The molecule has 2 saturated heterocycles. The normalized spacial score (nSPS) is 26.5. The van der Waals surface area contributed by atoms with Crippen LogP contribution < -0.4 is 5.43 Å². The van der Waals surface area contributed by atoms with E-state index in [4.69, 9.17) is 27.9 Å². The van der Waals surface area contributed by atoms with Crippen molar-refractivity contribution in [2.24, 2.45) is 23.7 Å². The van der Waals surface area contributed by atoms with E-state index in [-0.39, 0.29) is 30.6 Å². The number of aromatic nitrogens is 1. The van der Waals surface area contributed by atoms with Crippen LogP contribution in [0.15, 0.2) is 79.0 Å². The van der Waals surface area contributed by atoms with Crippen molar-refractivity contribution >= 4 is 58.7 Å². The largest absolute Gasteiger partial charge is 0.507 e. The Kier molecular flexibility index (Phi) is 8.89. The molecule has 11 nitrogen and oxygen atoms in total. The first kappa shape index (κ1) is 36.2. The minimum Gasteiger partial charge on any atom is -0.507 e. The summed E-state index contributed by atoms with van der Waals surface area (Å²) in [5.41, 5.74) is 1.01. The smallest absolute Gasteiger partial charge is 0.423 e. The van der Waals surface area contributed by atoms with Gasteiger partial charge in [0, 0.05) is 22.7 Å². The molecule has 0 spiro atoms. The third-order valence-electron chi connectivity index (χ3n) is 10.7. The lowest BCUT2D eigenvalue weighted by Crippen LogP contribution is -2.53. The van der Waals surface area contributed by atoms with Crippen molar-refractivity contribution in [3.63, 3.8) is 0 Å². The first-order chi connectivity index (χ1) is 25.2. The summed E-state index contributed by atoms with van der Waals surface area (Å²) < 4.78 is 45.0. The molecule has 1 saturated carbocycles.